The topological polar surface area (TPSA) is 94.1 Å². The molecule has 0 bridgehead atoms. The van der Waals surface area contributed by atoms with Crippen molar-refractivity contribution < 1.29 is 28.2 Å². The number of rotatable bonds is 8. The second-order valence-electron chi connectivity index (χ2n) is 10.0. The first-order valence-corrected chi connectivity index (χ1v) is 13.4. The minimum atomic E-state index is -1.34. The smallest absolute Gasteiger partial charge is 0.338 e. The standard InChI is InChI=1S/C29H24ClF2N5O4/c1-33-18-3-2-17(22(31)11-18)15-41-28-21(30)10-16-6-8-36(13-24(16)35-28)14-25-34-23-5-4-20(29(38)39)26(32)27(23)37(25)12-19-7-9-40-19/h2-5,10-11,19H,6-9,12-15H2,(H,38,39)/t19-/m0/s1. The van der Waals surface area contributed by atoms with Gasteiger partial charge in [0.2, 0.25) is 5.88 Å². The van der Waals surface area contributed by atoms with E-state index in [2.05, 4.69) is 19.7 Å². The zero-order valence-corrected chi connectivity index (χ0v) is 22.5. The van der Waals surface area contributed by atoms with Gasteiger partial charge >= 0.3 is 5.97 Å². The predicted molar refractivity (Wildman–Crippen MR) is 145 cm³/mol. The first kappa shape index (κ1) is 27.1. The summed E-state index contributed by atoms with van der Waals surface area (Å²) < 4.78 is 42.7. The molecule has 0 aliphatic carbocycles. The number of halogens is 3. The molecule has 2 aliphatic heterocycles. The maximum absolute atomic E-state index is 15.3. The number of nitrogens with zero attached hydrogens (tertiary/aromatic N) is 5. The summed E-state index contributed by atoms with van der Waals surface area (Å²) in [4.78, 5) is 26.2. The van der Waals surface area contributed by atoms with Crippen LogP contribution < -0.4 is 4.74 Å². The van der Waals surface area contributed by atoms with Crippen molar-refractivity contribution in [3.63, 3.8) is 0 Å². The third-order valence-electron chi connectivity index (χ3n) is 7.41. The molecule has 41 heavy (non-hydrogen) atoms. The van der Waals surface area contributed by atoms with Crippen LogP contribution >= 0.6 is 11.6 Å². The molecule has 2 aliphatic rings. The second-order valence-corrected chi connectivity index (χ2v) is 10.4. The number of benzene rings is 2. The fourth-order valence-corrected chi connectivity index (χ4v) is 5.35. The van der Waals surface area contributed by atoms with Crippen LogP contribution in [-0.2, 0) is 37.4 Å². The molecule has 1 atom stereocenters. The predicted octanol–water partition coefficient (Wildman–Crippen LogP) is 5.54. The minimum absolute atomic E-state index is 0.0907. The normalized spacial score (nSPS) is 16.7. The molecule has 0 amide bonds. The van der Waals surface area contributed by atoms with E-state index in [9.17, 15) is 14.3 Å². The van der Waals surface area contributed by atoms with E-state index in [1.165, 1.54) is 24.3 Å². The number of aromatic nitrogens is 3. The summed E-state index contributed by atoms with van der Waals surface area (Å²) in [6, 6.07) is 8.75. The number of carboxylic acids is 1. The molecule has 12 heteroatoms. The van der Waals surface area contributed by atoms with E-state index in [1.807, 2.05) is 0 Å². The molecule has 2 aromatic carbocycles. The van der Waals surface area contributed by atoms with Crippen LogP contribution in [0.1, 0.15) is 39.4 Å². The van der Waals surface area contributed by atoms with Gasteiger partial charge in [0.1, 0.15) is 28.8 Å². The van der Waals surface area contributed by atoms with Crippen LogP contribution in [0.3, 0.4) is 0 Å². The maximum atomic E-state index is 15.3. The molecular weight excluding hydrogens is 556 g/mol. The summed E-state index contributed by atoms with van der Waals surface area (Å²) in [5.74, 6) is -1.91. The highest BCUT2D eigenvalue weighted by Crippen LogP contribution is 2.31. The lowest BCUT2D eigenvalue weighted by Gasteiger charge is -2.30. The Morgan fingerprint density at radius 1 is 1.24 bits per heavy atom. The Bertz CT molecular complexity index is 1720. The number of hydrogen-bond acceptors (Lipinski definition) is 6. The highest BCUT2D eigenvalue weighted by atomic mass is 35.5. The number of carboxylic acid groups (broad SMARTS) is 1. The summed E-state index contributed by atoms with van der Waals surface area (Å²) >= 11 is 6.43. The fraction of sp³-hybridized carbons (Fsp3) is 0.310. The first-order valence-electron chi connectivity index (χ1n) is 13.0. The third-order valence-corrected chi connectivity index (χ3v) is 7.68. The van der Waals surface area contributed by atoms with Crippen molar-refractivity contribution in [2.45, 2.75) is 45.2 Å². The Kier molecular flexibility index (Phi) is 7.30. The fourth-order valence-electron chi connectivity index (χ4n) is 5.12. The molecule has 1 saturated heterocycles. The van der Waals surface area contributed by atoms with Crippen molar-refractivity contribution in [3.05, 3.63) is 92.7 Å². The van der Waals surface area contributed by atoms with Crippen molar-refractivity contribution in [1.29, 1.82) is 0 Å². The Morgan fingerprint density at radius 2 is 2.07 bits per heavy atom. The molecule has 4 heterocycles. The molecule has 0 spiro atoms. The molecular formula is C29H24ClF2N5O4. The van der Waals surface area contributed by atoms with Crippen molar-refractivity contribution in [1.82, 2.24) is 19.4 Å². The quantitative estimate of drug-likeness (QED) is 0.274. The van der Waals surface area contributed by atoms with Gasteiger partial charge in [-0.2, -0.15) is 0 Å². The lowest BCUT2D eigenvalue weighted by atomic mass is 10.1. The SMILES string of the molecule is [C-]#[N+]c1ccc(COc2nc3c(cc2Cl)CCN(Cc2nc4ccc(C(=O)O)c(F)c4n2C[C@@H]2CCO2)C3)c(F)c1. The number of aromatic carboxylic acids is 1. The minimum Gasteiger partial charge on any atom is -0.478 e. The molecule has 2 aromatic heterocycles. The van der Waals surface area contributed by atoms with Gasteiger partial charge in [0, 0.05) is 25.3 Å². The van der Waals surface area contributed by atoms with Crippen LogP contribution in [0.2, 0.25) is 5.02 Å². The van der Waals surface area contributed by atoms with Crippen molar-refractivity contribution in [2.75, 3.05) is 13.2 Å². The van der Waals surface area contributed by atoms with E-state index in [1.54, 1.807) is 10.6 Å². The van der Waals surface area contributed by atoms with E-state index in [4.69, 9.17) is 27.6 Å². The van der Waals surface area contributed by atoms with Gasteiger partial charge in [-0.25, -0.2) is 28.4 Å². The van der Waals surface area contributed by atoms with Crippen LogP contribution in [0.5, 0.6) is 5.88 Å². The zero-order valence-electron chi connectivity index (χ0n) is 21.7. The summed E-state index contributed by atoms with van der Waals surface area (Å²) in [5, 5.41) is 9.76. The monoisotopic (exact) mass is 579 g/mol. The molecule has 1 N–H and O–H groups in total. The van der Waals surface area contributed by atoms with Gasteiger partial charge in [-0.05, 0) is 42.7 Å². The summed E-state index contributed by atoms with van der Waals surface area (Å²) in [6.45, 7) is 9.42. The molecule has 4 aromatic rings. The van der Waals surface area contributed by atoms with Gasteiger partial charge in [0.25, 0.3) is 0 Å². The number of hydrogen-bond donors (Lipinski definition) is 1. The Morgan fingerprint density at radius 3 is 2.78 bits per heavy atom. The van der Waals surface area contributed by atoms with Crippen molar-refractivity contribution >= 4 is 34.3 Å². The van der Waals surface area contributed by atoms with Gasteiger partial charge in [-0.1, -0.05) is 23.7 Å². The van der Waals surface area contributed by atoms with Crippen molar-refractivity contribution in [3.8, 4) is 5.88 Å². The molecule has 9 nitrogen and oxygen atoms in total. The maximum Gasteiger partial charge on any atom is 0.338 e. The van der Waals surface area contributed by atoms with Gasteiger partial charge < -0.3 is 19.1 Å². The van der Waals surface area contributed by atoms with Crippen molar-refractivity contribution in [2.24, 2.45) is 0 Å². The molecule has 210 valence electrons. The van der Waals surface area contributed by atoms with Gasteiger partial charge in [-0.3, -0.25) is 4.90 Å². The van der Waals surface area contributed by atoms with Crippen LogP contribution in [-0.4, -0.2) is 49.8 Å². The lowest BCUT2D eigenvalue weighted by Crippen LogP contribution is -2.34. The Labute approximate surface area is 238 Å². The molecule has 0 unspecified atom stereocenters. The van der Waals surface area contributed by atoms with E-state index in [0.29, 0.717) is 55.6 Å². The second kappa shape index (κ2) is 11.0. The van der Waals surface area contributed by atoms with E-state index in [0.717, 1.165) is 23.7 Å². The summed E-state index contributed by atoms with van der Waals surface area (Å²) in [5.41, 5.74) is 2.35. The van der Waals surface area contributed by atoms with E-state index >= 15 is 4.39 Å². The van der Waals surface area contributed by atoms with Crippen LogP contribution in [0.15, 0.2) is 36.4 Å². The summed E-state index contributed by atoms with van der Waals surface area (Å²) in [6.07, 6.45) is 1.41. The Balaban J connectivity index is 1.24. The third kappa shape index (κ3) is 5.34. The number of ether oxygens (including phenoxy) is 2. The zero-order chi connectivity index (χ0) is 28.7. The Hall–Kier alpha value is -4.11. The van der Waals surface area contributed by atoms with Gasteiger partial charge in [0.15, 0.2) is 11.5 Å². The van der Waals surface area contributed by atoms with Crippen LogP contribution in [0, 0.1) is 18.2 Å². The highest BCUT2D eigenvalue weighted by Gasteiger charge is 2.27. The number of carbonyl (C=O) groups is 1. The van der Waals surface area contributed by atoms with Gasteiger partial charge in [-0.15, -0.1) is 0 Å². The van der Waals surface area contributed by atoms with E-state index in [-0.39, 0.29) is 35.4 Å². The molecule has 0 radical (unpaired) electrons. The molecule has 1 fully saturated rings. The van der Waals surface area contributed by atoms with E-state index < -0.39 is 23.2 Å². The molecule has 6 rings (SSSR count). The highest BCUT2D eigenvalue weighted by molar-refractivity contribution is 6.31. The van der Waals surface area contributed by atoms with Crippen LogP contribution in [0.4, 0.5) is 14.5 Å². The average Bonchev–Trinajstić information content (AvgIpc) is 3.27. The summed E-state index contributed by atoms with van der Waals surface area (Å²) in [7, 11) is 0. The first-order chi connectivity index (χ1) is 19.8. The number of pyridine rings is 1. The number of fused-ring (bicyclic) bond motifs is 2. The largest absolute Gasteiger partial charge is 0.478 e. The molecule has 0 saturated carbocycles. The lowest BCUT2D eigenvalue weighted by molar-refractivity contribution is -0.0592. The van der Waals surface area contributed by atoms with Crippen LogP contribution in [0.25, 0.3) is 15.9 Å². The average molecular weight is 580 g/mol. The number of imidazole rings is 1. The van der Waals surface area contributed by atoms with Gasteiger partial charge in [0.05, 0.1) is 42.5 Å².